The number of nitrogens with one attached hydrogen (secondary N) is 3. The number of carbonyl (C=O) groups excluding carboxylic acids is 1. The zero-order chi connectivity index (χ0) is 9.97. The number of aromatic nitrogens is 2. The van der Waals surface area contributed by atoms with Crippen LogP contribution in [0.3, 0.4) is 0 Å². The third-order valence-corrected chi connectivity index (χ3v) is 2.45. The van der Waals surface area contributed by atoms with Gasteiger partial charge >= 0.3 is 0 Å². The fourth-order valence-corrected chi connectivity index (χ4v) is 1.61. The van der Waals surface area contributed by atoms with Crippen LogP contribution < -0.4 is 10.6 Å². The molecule has 0 bridgehead atoms. The molecule has 0 radical (unpaired) electrons. The van der Waals surface area contributed by atoms with Crippen LogP contribution in [0, 0.1) is 6.92 Å². The van der Waals surface area contributed by atoms with Gasteiger partial charge in [0, 0.05) is 12.6 Å². The molecule has 1 amide bonds. The Kier molecular flexibility index (Phi) is 2.49. The molecule has 14 heavy (non-hydrogen) atoms. The summed E-state index contributed by atoms with van der Waals surface area (Å²) in [6.45, 7) is 3.71. The Balaban J connectivity index is 1.98. The number of rotatable bonds is 2. The molecule has 1 saturated heterocycles. The fourth-order valence-electron chi connectivity index (χ4n) is 1.61. The second-order valence-electron chi connectivity index (χ2n) is 3.59. The van der Waals surface area contributed by atoms with Gasteiger partial charge in [-0.25, -0.2) is 0 Å². The van der Waals surface area contributed by atoms with E-state index in [9.17, 15) is 4.79 Å². The minimum atomic E-state index is -0.0614. The first kappa shape index (κ1) is 9.21. The van der Waals surface area contributed by atoms with E-state index in [0.717, 1.165) is 25.1 Å². The molecule has 1 aromatic heterocycles. The van der Waals surface area contributed by atoms with Crippen LogP contribution in [0.1, 0.15) is 22.5 Å². The van der Waals surface area contributed by atoms with Crippen molar-refractivity contribution >= 4 is 5.91 Å². The van der Waals surface area contributed by atoms with Crippen molar-refractivity contribution in [3.05, 3.63) is 17.5 Å². The summed E-state index contributed by atoms with van der Waals surface area (Å²) in [5.74, 6) is -0.0614. The number of amides is 1. The Bertz CT molecular complexity index is 327. The minimum absolute atomic E-state index is 0.0614. The van der Waals surface area contributed by atoms with Crippen molar-refractivity contribution in [1.29, 1.82) is 0 Å². The molecule has 0 aromatic carbocycles. The van der Waals surface area contributed by atoms with Crippen molar-refractivity contribution in [1.82, 2.24) is 20.8 Å². The number of carbonyl (C=O) groups is 1. The molecule has 0 unspecified atom stereocenters. The first-order valence-corrected chi connectivity index (χ1v) is 4.79. The third-order valence-electron chi connectivity index (χ3n) is 2.45. The van der Waals surface area contributed by atoms with E-state index < -0.39 is 0 Å². The lowest BCUT2D eigenvalue weighted by molar-refractivity contribution is 0.0934. The number of hydrogen-bond donors (Lipinski definition) is 3. The number of hydrogen-bond acceptors (Lipinski definition) is 3. The number of aryl methyl sites for hydroxylation is 1. The molecule has 0 saturated carbocycles. The van der Waals surface area contributed by atoms with E-state index in [1.807, 2.05) is 6.92 Å². The standard InChI is InChI=1S/C9H14N4O/c1-6-4-11-13-8(6)9(14)12-7-2-3-10-5-7/h4,7,10H,2-3,5H2,1H3,(H,11,13)(H,12,14)/t7-/m1/s1. The van der Waals surface area contributed by atoms with Gasteiger partial charge in [0.05, 0.1) is 6.20 Å². The highest BCUT2D eigenvalue weighted by Gasteiger charge is 2.19. The van der Waals surface area contributed by atoms with E-state index in [4.69, 9.17) is 0 Å². The fraction of sp³-hybridized carbons (Fsp3) is 0.556. The third kappa shape index (κ3) is 1.77. The first-order valence-electron chi connectivity index (χ1n) is 4.79. The van der Waals surface area contributed by atoms with E-state index in [-0.39, 0.29) is 11.9 Å². The quantitative estimate of drug-likeness (QED) is 0.611. The van der Waals surface area contributed by atoms with E-state index in [0.29, 0.717) is 5.69 Å². The summed E-state index contributed by atoms with van der Waals surface area (Å²) in [6, 6.07) is 0.255. The Labute approximate surface area is 82.3 Å². The molecular formula is C9H14N4O. The van der Waals surface area contributed by atoms with E-state index in [2.05, 4.69) is 20.8 Å². The molecule has 5 nitrogen and oxygen atoms in total. The SMILES string of the molecule is Cc1cn[nH]c1C(=O)N[C@@H]1CCNC1. The van der Waals surface area contributed by atoms with Crippen molar-refractivity contribution in [3.8, 4) is 0 Å². The molecule has 0 spiro atoms. The van der Waals surface area contributed by atoms with Crippen LogP contribution in [0.5, 0.6) is 0 Å². The van der Waals surface area contributed by atoms with E-state index in [1.165, 1.54) is 0 Å². The summed E-state index contributed by atoms with van der Waals surface area (Å²) in [7, 11) is 0. The second-order valence-corrected chi connectivity index (χ2v) is 3.59. The Morgan fingerprint density at radius 2 is 2.57 bits per heavy atom. The Morgan fingerprint density at radius 3 is 3.14 bits per heavy atom. The summed E-state index contributed by atoms with van der Waals surface area (Å²) >= 11 is 0. The van der Waals surface area contributed by atoms with Crippen LogP contribution in [0.2, 0.25) is 0 Å². The number of H-pyrrole nitrogens is 1. The lowest BCUT2D eigenvalue weighted by Gasteiger charge is -2.10. The number of aromatic amines is 1. The van der Waals surface area contributed by atoms with Crippen LogP contribution >= 0.6 is 0 Å². The van der Waals surface area contributed by atoms with Gasteiger partial charge in [-0.1, -0.05) is 0 Å². The van der Waals surface area contributed by atoms with Crippen LogP contribution in [0.25, 0.3) is 0 Å². The Morgan fingerprint density at radius 1 is 1.71 bits per heavy atom. The summed E-state index contributed by atoms with van der Waals surface area (Å²) in [6.07, 6.45) is 2.65. The van der Waals surface area contributed by atoms with Gasteiger partial charge in [-0.05, 0) is 25.5 Å². The lowest BCUT2D eigenvalue weighted by atomic mass is 10.2. The molecule has 2 rings (SSSR count). The molecule has 1 fully saturated rings. The van der Waals surface area contributed by atoms with Gasteiger partial charge in [-0.15, -0.1) is 0 Å². The van der Waals surface area contributed by atoms with Crippen LogP contribution in [0.15, 0.2) is 6.20 Å². The molecule has 1 aromatic rings. The summed E-state index contributed by atoms with van der Waals surface area (Å²) < 4.78 is 0. The maximum Gasteiger partial charge on any atom is 0.269 e. The van der Waals surface area contributed by atoms with Crippen molar-refractivity contribution in [2.75, 3.05) is 13.1 Å². The van der Waals surface area contributed by atoms with Crippen LogP contribution in [0.4, 0.5) is 0 Å². The van der Waals surface area contributed by atoms with Crippen LogP contribution in [-0.2, 0) is 0 Å². The van der Waals surface area contributed by atoms with Gasteiger partial charge in [-0.3, -0.25) is 9.89 Å². The molecular weight excluding hydrogens is 180 g/mol. The average Bonchev–Trinajstić information content (AvgIpc) is 2.75. The lowest BCUT2D eigenvalue weighted by Crippen LogP contribution is -2.36. The molecule has 1 aliphatic rings. The van der Waals surface area contributed by atoms with E-state index in [1.54, 1.807) is 6.20 Å². The molecule has 1 atom stereocenters. The molecule has 5 heteroatoms. The second kappa shape index (κ2) is 3.79. The van der Waals surface area contributed by atoms with Gasteiger partial charge < -0.3 is 10.6 Å². The predicted molar refractivity (Wildman–Crippen MR) is 52.1 cm³/mol. The summed E-state index contributed by atoms with van der Waals surface area (Å²) in [5.41, 5.74) is 1.45. The normalized spacial score (nSPS) is 21.1. The largest absolute Gasteiger partial charge is 0.347 e. The van der Waals surface area contributed by atoms with Gasteiger partial charge in [-0.2, -0.15) is 5.10 Å². The molecule has 0 aliphatic carbocycles. The summed E-state index contributed by atoms with van der Waals surface area (Å²) in [4.78, 5) is 11.7. The molecule has 1 aliphatic heterocycles. The number of nitrogens with zero attached hydrogens (tertiary/aromatic N) is 1. The van der Waals surface area contributed by atoms with Gasteiger partial charge in [0.25, 0.3) is 5.91 Å². The monoisotopic (exact) mass is 194 g/mol. The summed E-state index contributed by atoms with van der Waals surface area (Å²) in [5, 5.41) is 12.7. The first-order chi connectivity index (χ1) is 6.77. The van der Waals surface area contributed by atoms with Gasteiger partial charge in [0.1, 0.15) is 5.69 Å². The van der Waals surface area contributed by atoms with Crippen LogP contribution in [-0.4, -0.2) is 35.2 Å². The van der Waals surface area contributed by atoms with Gasteiger partial charge in [0.15, 0.2) is 0 Å². The molecule has 3 N–H and O–H groups in total. The predicted octanol–water partition coefficient (Wildman–Crippen LogP) is -0.190. The highest BCUT2D eigenvalue weighted by Crippen LogP contribution is 2.04. The van der Waals surface area contributed by atoms with E-state index >= 15 is 0 Å². The maximum atomic E-state index is 11.7. The maximum absolute atomic E-state index is 11.7. The topological polar surface area (TPSA) is 69.8 Å². The molecule has 2 heterocycles. The smallest absolute Gasteiger partial charge is 0.269 e. The average molecular weight is 194 g/mol. The van der Waals surface area contributed by atoms with Crippen molar-refractivity contribution in [3.63, 3.8) is 0 Å². The van der Waals surface area contributed by atoms with Crippen molar-refractivity contribution in [2.24, 2.45) is 0 Å². The van der Waals surface area contributed by atoms with Crippen molar-refractivity contribution in [2.45, 2.75) is 19.4 Å². The minimum Gasteiger partial charge on any atom is -0.347 e. The van der Waals surface area contributed by atoms with Gasteiger partial charge in [0.2, 0.25) is 0 Å². The Hall–Kier alpha value is -1.36. The zero-order valence-electron chi connectivity index (χ0n) is 8.13. The highest BCUT2D eigenvalue weighted by atomic mass is 16.2. The molecule has 76 valence electrons. The highest BCUT2D eigenvalue weighted by molar-refractivity contribution is 5.93. The zero-order valence-corrected chi connectivity index (χ0v) is 8.13. The van der Waals surface area contributed by atoms with Crippen molar-refractivity contribution < 1.29 is 4.79 Å².